The van der Waals surface area contributed by atoms with Crippen LogP contribution >= 0.6 is 28.1 Å². The van der Waals surface area contributed by atoms with Crippen LogP contribution in [-0.4, -0.2) is 23.5 Å². The van der Waals surface area contributed by atoms with E-state index in [0.717, 1.165) is 0 Å². The average molecular weight is 366 g/mol. The third-order valence-corrected chi connectivity index (χ3v) is 3.33. The minimum atomic E-state index is -0.551. The predicted octanol–water partition coefficient (Wildman–Crippen LogP) is 1.27. The third-order valence-electron chi connectivity index (χ3n) is 2.50. The van der Waals surface area contributed by atoms with E-state index in [1.54, 1.807) is 18.2 Å². The van der Waals surface area contributed by atoms with Crippen molar-refractivity contribution in [2.45, 2.75) is 0 Å². The molecule has 8 heteroatoms. The van der Waals surface area contributed by atoms with Crippen LogP contribution in [0.1, 0.15) is 5.56 Å². The Balaban J connectivity index is 2.27. The van der Waals surface area contributed by atoms with Crippen molar-refractivity contribution in [2.24, 2.45) is 0 Å². The molecule has 1 fully saturated rings. The zero-order valence-corrected chi connectivity index (χ0v) is 12.9. The highest BCUT2D eigenvalue weighted by molar-refractivity contribution is 9.10. The first-order chi connectivity index (χ1) is 10.0. The lowest BCUT2D eigenvalue weighted by atomic mass is 10.1. The fraction of sp³-hybridized carbons (Fsp3) is 0.0769. The Labute approximate surface area is 133 Å². The number of halogens is 1. The number of hydrogen-bond acceptors (Lipinski definition) is 5. The molecule has 0 bridgehead atoms. The summed E-state index contributed by atoms with van der Waals surface area (Å²) < 4.78 is 5.79. The SMILES string of the molecule is N#CCOc1ccc(C=C2C(=O)NC(=S)NC2=O)cc1Br. The van der Waals surface area contributed by atoms with Crippen LogP contribution < -0.4 is 15.4 Å². The second kappa shape index (κ2) is 6.47. The molecule has 0 radical (unpaired) electrons. The normalized spacial score (nSPS) is 14.1. The lowest BCUT2D eigenvalue weighted by Gasteiger charge is -2.16. The van der Waals surface area contributed by atoms with E-state index < -0.39 is 11.8 Å². The molecule has 6 nitrogen and oxygen atoms in total. The number of amides is 2. The Bertz CT molecular complexity index is 687. The molecule has 21 heavy (non-hydrogen) atoms. The van der Waals surface area contributed by atoms with Crippen molar-refractivity contribution in [3.63, 3.8) is 0 Å². The van der Waals surface area contributed by atoms with Gasteiger partial charge in [0.15, 0.2) is 11.7 Å². The van der Waals surface area contributed by atoms with Gasteiger partial charge in [0.25, 0.3) is 11.8 Å². The Morgan fingerprint density at radius 2 is 2.00 bits per heavy atom. The van der Waals surface area contributed by atoms with E-state index in [1.165, 1.54) is 6.08 Å². The fourth-order valence-electron chi connectivity index (χ4n) is 1.61. The number of nitrogens with zero attached hydrogens (tertiary/aromatic N) is 1. The Morgan fingerprint density at radius 1 is 1.33 bits per heavy atom. The number of hydrogen-bond donors (Lipinski definition) is 2. The van der Waals surface area contributed by atoms with E-state index in [2.05, 4.69) is 26.6 Å². The number of thiocarbonyl (C=S) groups is 1. The van der Waals surface area contributed by atoms with Crippen molar-refractivity contribution >= 4 is 51.2 Å². The molecule has 0 aliphatic carbocycles. The summed E-state index contributed by atoms with van der Waals surface area (Å²) in [4.78, 5) is 23.4. The van der Waals surface area contributed by atoms with E-state index in [1.807, 2.05) is 6.07 Å². The zero-order chi connectivity index (χ0) is 15.4. The molecule has 2 N–H and O–H groups in total. The first-order valence-corrected chi connectivity index (χ1v) is 6.89. The number of nitrogens with one attached hydrogen (secondary N) is 2. The Hall–Kier alpha value is -2.24. The van der Waals surface area contributed by atoms with Gasteiger partial charge in [-0.05, 0) is 51.9 Å². The minimum Gasteiger partial charge on any atom is -0.478 e. The van der Waals surface area contributed by atoms with E-state index in [0.29, 0.717) is 15.8 Å². The van der Waals surface area contributed by atoms with Gasteiger partial charge in [0.1, 0.15) is 17.4 Å². The van der Waals surface area contributed by atoms with E-state index in [9.17, 15) is 9.59 Å². The monoisotopic (exact) mass is 365 g/mol. The number of carbonyl (C=O) groups is 2. The summed E-state index contributed by atoms with van der Waals surface area (Å²) in [5.41, 5.74) is 0.584. The van der Waals surface area contributed by atoms with Crippen LogP contribution in [0.4, 0.5) is 0 Å². The van der Waals surface area contributed by atoms with Gasteiger partial charge in [0.05, 0.1) is 4.47 Å². The van der Waals surface area contributed by atoms with Gasteiger partial charge in [-0.2, -0.15) is 5.26 Å². The quantitative estimate of drug-likeness (QED) is 0.478. The van der Waals surface area contributed by atoms with Crippen molar-refractivity contribution in [1.29, 1.82) is 5.26 Å². The van der Waals surface area contributed by atoms with Crippen LogP contribution in [0.3, 0.4) is 0 Å². The van der Waals surface area contributed by atoms with Gasteiger partial charge in [-0.3, -0.25) is 20.2 Å². The standard InChI is InChI=1S/C13H8BrN3O3S/c14-9-6-7(1-2-10(9)20-4-3-15)5-8-11(18)16-13(21)17-12(8)19/h1-2,5-6H,4H2,(H2,16,17,18,19,21). The molecule has 1 saturated heterocycles. The van der Waals surface area contributed by atoms with Crippen LogP contribution in [0.25, 0.3) is 6.08 Å². The summed E-state index contributed by atoms with van der Waals surface area (Å²) in [6, 6.07) is 6.84. The molecule has 1 aliphatic heterocycles. The molecule has 0 unspecified atom stereocenters. The van der Waals surface area contributed by atoms with Gasteiger partial charge in [-0.1, -0.05) is 6.07 Å². The smallest absolute Gasteiger partial charge is 0.263 e. The second-order valence-electron chi connectivity index (χ2n) is 3.93. The highest BCUT2D eigenvalue weighted by Crippen LogP contribution is 2.27. The van der Waals surface area contributed by atoms with Crippen molar-refractivity contribution < 1.29 is 14.3 Å². The molecule has 2 rings (SSSR count). The number of ether oxygens (including phenoxy) is 1. The van der Waals surface area contributed by atoms with Crippen LogP contribution in [0, 0.1) is 11.3 Å². The number of rotatable bonds is 3. The Kier molecular flexibility index (Phi) is 4.67. The van der Waals surface area contributed by atoms with E-state index in [4.69, 9.17) is 22.2 Å². The largest absolute Gasteiger partial charge is 0.478 e. The lowest BCUT2D eigenvalue weighted by molar-refractivity contribution is -0.123. The number of nitriles is 1. The highest BCUT2D eigenvalue weighted by atomic mass is 79.9. The van der Waals surface area contributed by atoms with Gasteiger partial charge in [0.2, 0.25) is 0 Å². The summed E-state index contributed by atoms with van der Waals surface area (Å²) in [5, 5.41) is 13.2. The predicted molar refractivity (Wildman–Crippen MR) is 82.1 cm³/mol. The Morgan fingerprint density at radius 3 is 2.57 bits per heavy atom. The maximum absolute atomic E-state index is 11.7. The summed E-state index contributed by atoms with van der Waals surface area (Å²) in [7, 11) is 0. The van der Waals surface area contributed by atoms with Crippen LogP contribution in [0.5, 0.6) is 5.75 Å². The molecule has 1 aliphatic rings. The maximum Gasteiger partial charge on any atom is 0.263 e. The van der Waals surface area contributed by atoms with Gasteiger partial charge in [-0.15, -0.1) is 0 Å². The molecular weight excluding hydrogens is 358 g/mol. The van der Waals surface area contributed by atoms with Gasteiger partial charge in [0, 0.05) is 0 Å². The average Bonchev–Trinajstić information content (AvgIpc) is 2.42. The molecule has 0 aromatic heterocycles. The van der Waals surface area contributed by atoms with Gasteiger partial charge >= 0.3 is 0 Å². The van der Waals surface area contributed by atoms with E-state index in [-0.39, 0.29) is 17.3 Å². The number of carbonyl (C=O) groups excluding carboxylic acids is 2. The first-order valence-electron chi connectivity index (χ1n) is 5.69. The maximum atomic E-state index is 11.7. The molecule has 0 saturated carbocycles. The summed E-state index contributed by atoms with van der Waals surface area (Å²) >= 11 is 8.01. The summed E-state index contributed by atoms with van der Waals surface area (Å²) in [5.74, 6) is -0.605. The fourth-order valence-corrected chi connectivity index (χ4v) is 2.30. The number of benzene rings is 1. The van der Waals surface area contributed by atoms with Crippen molar-refractivity contribution in [3.8, 4) is 11.8 Å². The van der Waals surface area contributed by atoms with Crippen LogP contribution in [-0.2, 0) is 9.59 Å². The minimum absolute atomic E-state index is 0.0106. The van der Waals surface area contributed by atoms with Crippen molar-refractivity contribution in [2.75, 3.05) is 6.61 Å². The van der Waals surface area contributed by atoms with Gasteiger partial charge in [-0.25, -0.2) is 0 Å². The van der Waals surface area contributed by atoms with Crippen LogP contribution in [0.15, 0.2) is 28.2 Å². The van der Waals surface area contributed by atoms with Crippen molar-refractivity contribution in [1.82, 2.24) is 10.6 Å². The third kappa shape index (κ3) is 3.65. The molecule has 1 heterocycles. The van der Waals surface area contributed by atoms with Crippen molar-refractivity contribution in [3.05, 3.63) is 33.8 Å². The van der Waals surface area contributed by atoms with Gasteiger partial charge < -0.3 is 4.74 Å². The molecular formula is C13H8BrN3O3S. The van der Waals surface area contributed by atoms with Crippen LogP contribution in [0.2, 0.25) is 0 Å². The molecule has 1 aromatic rings. The summed E-state index contributed by atoms with van der Waals surface area (Å²) in [6.07, 6.45) is 1.44. The molecule has 106 valence electrons. The second-order valence-corrected chi connectivity index (χ2v) is 5.19. The zero-order valence-electron chi connectivity index (χ0n) is 10.5. The van der Waals surface area contributed by atoms with E-state index >= 15 is 0 Å². The first kappa shape index (κ1) is 15.2. The topological polar surface area (TPSA) is 91.2 Å². The summed E-state index contributed by atoms with van der Waals surface area (Å²) in [6.45, 7) is -0.0682. The molecule has 1 aromatic carbocycles. The molecule has 0 spiro atoms. The molecule has 2 amide bonds. The molecule has 0 atom stereocenters. The highest BCUT2D eigenvalue weighted by Gasteiger charge is 2.25. The lowest BCUT2D eigenvalue weighted by Crippen LogP contribution is -2.51.